The van der Waals surface area contributed by atoms with E-state index in [9.17, 15) is 9.59 Å². The van der Waals surface area contributed by atoms with Gasteiger partial charge in [-0.1, -0.05) is 18.2 Å². The lowest BCUT2D eigenvalue weighted by atomic mass is 9.93. The van der Waals surface area contributed by atoms with E-state index in [2.05, 4.69) is 37.0 Å². The summed E-state index contributed by atoms with van der Waals surface area (Å²) in [5.41, 5.74) is 7.22. The normalized spacial score (nSPS) is 17.0. The molecule has 1 fully saturated rings. The summed E-state index contributed by atoms with van der Waals surface area (Å²) in [5, 5.41) is 9.91. The molecule has 33 heavy (non-hydrogen) atoms. The Morgan fingerprint density at radius 2 is 1.94 bits per heavy atom. The number of hydrogen-bond donors (Lipinski definition) is 2. The first-order chi connectivity index (χ1) is 15.9. The number of aromatic nitrogens is 1. The third-order valence-electron chi connectivity index (χ3n) is 6.34. The Bertz CT molecular complexity index is 1170. The number of ether oxygens (including phenoxy) is 1. The van der Waals surface area contributed by atoms with Crippen molar-refractivity contribution < 1.29 is 19.5 Å². The largest absolute Gasteiger partial charge is 0.481 e. The highest BCUT2D eigenvalue weighted by Gasteiger charge is 2.31. The Hall–Kier alpha value is -3.45. The molecule has 2 N–H and O–H groups in total. The fourth-order valence-electron chi connectivity index (χ4n) is 4.65. The summed E-state index contributed by atoms with van der Waals surface area (Å²) >= 11 is 0. The Morgan fingerprint density at radius 1 is 1.18 bits per heavy atom. The first-order valence-electron chi connectivity index (χ1n) is 11.2. The number of hydrogen-bond acceptors (Lipinski definition) is 5. The summed E-state index contributed by atoms with van der Waals surface area (Å²) in [4.78, 5) is 30.8. The van der Waals surface area contributed by atoms with E-state index in [1.165, 1.54) is 16.7 Å². The number of nitrogens with zero attached hydrogens (tertiary/aromatic N) is 2. The van der Waals surface area contributed by atoms with Crippen LogP contribution in [-0.2, 0) is 9.59 Å². The molecule has 0 aliphatic carbocycles. The molecule has 2 heterocycles. The second kappa shape index (κ2) is 9.58. The first kappa shape index (κ1) is 22.7. The van der Waals surface area contributed by atoms with Crippen molar-refractivity contribution in [1.82, 2.24) is 15.4 Å². The second-order valence-corrected chi connectivity index (χ2v) is 8.66. The SMILES string of the molecule is Cc1cccc(C)c1-c1ccnc2cc(O[C@H](C)C(=O)N3CCC[C@H](C(=O)NO)C3)ccc12. The van der Waals surface area contributed by atoms with Crippen molar-refractivity contribution in [2.24, 2.45) is 5.92 Å². The molecule has 1 saturated heterocycles. The summed E-state index contributed by atoms with van der Waals surface area (Å²) in [5.74, 6) is -0.478. The lowest BCUT2D eigenvalue weighted by Crippen LogP contribution is -2.48. The Morgan fingerprint density at radius 3 is 2.67 bits per heavy atom. The summed E-state index contributed by atoms with van der Waals surface area (Å²) in [7, 11) is 0. The van der Waals surface area contributed by atoms with Gasteiger partial charge < -0.3 is 9.64 Å². The van der Waals surface area contributed by atoms with Gasteiger partial charge in [-0.05, 0) is 74.1 Å². The van der Waals surface area contributed by atoms with Gasteiger partial charge in [-0.3, -0.25) is 19.8 Å². The van der Waals surface area contributed by atoms with Crippen LogP contribution in [0.5, 0.6) is 5.75 Å². The van der Waals surface area contributed by atoms with Gasteiger partial charge in [0.1, 0.15) is 5.75 Å². The number of carbonyl (C=O) groups excluding carboxylic acids is 2. The average molecular weight is 448 g/mol. The smallest absolute Gasteiger partial charge is 0.263 e. The molecule has 2 amide bonds. The van der Waals surface area contributed by atoms with Crippen molar-refractivity contribution in [3.05, 3.63) is 59.8 Å². The van der Waals surface area contributed by atoms with E-state index in [4.69, 9.17) is 9.94 Å². The van der Waals surface area contributed by atoms with Crippen LogP contribution in [0.25, 0.3) is 22.0 Å². The van der Waals surface area contributed by atoms with E-state index in [1.54, 1.807) is 23.5 Å². The standard InChI is InChI=1S/C26H29N3O4/c1-16-6-4-7-17(2)24(16)22-11-12-27-23-14-20(9-10-21(22)23)33-18(3)26(31)29-13-5-8-19(15-29)25(30)28-32/h4,6-7,9-12,14,18-19,32H,5,8,13,15H2,1-3H3,(H,28,30)/t18-,19+/m1/s1. The number of rotatable bonds is 5. The van der Waals surface area contributed by atoms with Crippen LogP contribution in [0, 0.1) is 19.8 Å². The van der Waals surface area contributed by atoms with Crippen LogP contribution >= 0.6 is 0 Å². The fraction of sp³-hybridized carbons (Fsp3) is 0.346. The zero-order chi connectivity index (χ0) is 23.5. The molecule has 2 atom stereocenters. The summed E-state index contributed by atoms with van der Waals surface area (Å²) in [6.07, 6.45) is 2.43. The first-order valence-corrected chi connectivity index (χ1v) is 11.2. The van der Waals surface area contributed by atoms with Gasteiger partial charge in [-0.25, -0.2) is 5.48 Å². The van der Waals surface area contributed by atoms with Crippen LogP contribution in [0.1, 0.15) is 30.9 Å². The fourth-order valence-corrected chi connectivity index (χ4v) is 4.65. The van der Waals surface area contributed by atoms with E-state index < -0.39 is 17.9 Å². The zero-order valence-corrected chi connectivity index (χ0v) is 19.2. The van der Waals surface area contributed by atoms with Gasteiger partial charge in [0.2, 0.25) is 5.91 Å². The van der Waals surface area contributed by atoms with Gasteiger partial charge in [0, 0.05) is 30.7 Å². The highest BCUT2D eigenvalue weighted by Crippen LogP contribution is 2.34. The van der Waals surface area contributed by atoms with Crippen molar-refractivity contribution in [2.45, 2.75) is 39.7 Å². The lowest BCUT2D eigenvalue weighted by Gasteiger charge is -2.33. The molecule has 3 aromatic rings. The molecule has 0 bridgehead atoms. The minimum absolute atomic E-state index is 0.178. The van der Waals surface area contributed by atoms with E-state index >= 15 is 0 Å². The summed E-state index contributed by atoms with van der Waals surface area (Å²) in [6, 6.07) is 14.0. The van der Waals surface area contributed by atoms with Crippen molar-refractivity contribution >= 4 is 22.7 Å². The van der Waals surface area contributed by atoms with E-state index in [1.807, 2.05) is 24.3 Å². The van der Waals surface area contributed by atoms with E-state index in [-0.39, 0.29) is 12.5 Å². The Kier molecular flexibility index (Phi) is 6.60. The van der Waals surface area contributed by atoms with E-state index in [0.717, 1.165) is 16.5 Å². The number of amides is 2. The third kappa shape index (κ3) is 4.68. The topological polar surface area (TPSA) is 91.8 Å². The molecule has 0 spiro atoms. The number of carbonyl (C=O) groups is 2. The van der Waals surface area contributed by atoms with Crippen molar-refractivity contribution in [3.8, 4) is 16.9 Å². The molecule has 7 nitrogen and oxygen atoms in total. The summed E-state index contributed by atoms with van der Waals surface area (Å²) < 4.78 is 5.97. The highest BCUT2D eigenvalue weighted by molar-refractivity contribution is 5.96. The maximum absolute atomic E-state index is 12.9. The van der Waals surface area contributed by atoms with Crippen LogP contribution < -0.4 is 10.2 Å². The van der Waals surface area contributed by atoms with Gasteiger partial charge >= 0.3 is 0 Å². The molecule has 7 heteroatoms. The number of fused-ring (bicyclic) bond motifs is 1. The predicted molar refractivity (Wildman–Crippen MR) is 126 cm³/mol. The number of hydroxylamine groups is 1. The van der Waals surface area contributed by atoms with Crippen LogP contribution in [0.4, 0.5) is 0 Å². The number of nitrogens with one attached hydrogen (secondary N) is 1. The number of pyridine rings is 1. The third-order valence-corrected chi connectivity index (χ3v) is 6.34. The lowest BCUT2D eigenvalue weighted by molar-refractivity contribution is -0.143. The second-order valence-electron chi connectivity index (χ2n) is 8.66. The highest BCUT2D eigenvalue weighted by atomic mass is 16.5. The monoisotopic (exact) mass is 447 g/mol. The Balaban J connectivity index is 1.54. The van der Waals surface area contributed by atoms with Gasteiger partial charge in [-0.2, -0.15) is 0 Å². The molecule has 0 radical (unpaired) electrons. The minimum Gasteiger partial charge on any atom is -0.481 e. The predicted octanol–water partition coefficient (Wildman–Crippen LogP) is 4.03. The molecule has 0 unspecified atom stereocenters. The molecule has 4 rings (SSSR count). The van der Waals surface area contributed by atoms with Gasteiger partial charge in [0.25, 0.3) is 5.91 Å². The number of piperidine rings is 1. The number of likely N-dealkylation sites (tertiary alicyclic amines) is 1. The van der Waals surface area contributed by atoms with Gasteiger partial charge in [0.05, 0.1) is 11.4 Å². The van der Waals surface area contributed by atoms with Crippen LogP contribution in [0.2, 0.25) is 0 Å². The molecule has 0 saturated carbocycles. The Labute approximate surface area is 193 Å². The average Bonchev–Trinajstić information content (AvgIpc) is 2.83. The molecule has 1 aliphatic rings. The molecule has 1 aliphatic heterocycles. The van der Waals surface area contributed by atoms with Crippen molar-refractivity contribution in [1.29, 1.82) is 0 Å². The van der Waals surface area contributed by atoms with Crippen LogP contribution in [0.15, 0.2) is 48.7 Å². The quantitative estimate of drug-likeness (QED) is 0.455. The maximum atomic E-state index is 12.9. The van der Waals surface area contributed by atoms with Gasteiger partial charge in [-0.15, -0.1) is 0 Å². The molecule has 1 aromatic heterocycles. The molecule has 172 valence electrons. The van der Waals surface area contributed by atoms with Crippen molar-refractivity contribution in [3.63, 3.8) is 0 Å². The molecular weight excluding hydrogens is 418 g/mol. The molecular formula is C26H29N3O4. The van der Waals surface area contributed by atoms with Crippen molar-refractivity contribution in [2.75, 3.05) is 13.1 Å². The van der Waals surface area contributed by atoms with Gasteiger partial charge in [0.15, 0.2) is 6.10 Å². The number of aryl methyl sites for hydroxylation is 2. The minimum atomic E-state index is -0.708. The maximum Gasteiger partial charge on any atom is 0.263 e. The summed E-state index contributed by atoms with van der Waals surface area (Å²) in [6.45, 7) is 6.77. The van der Waals surface area contributed by atoms with Crippen LogP contribution in [0.3, 0.4) is 0 Å². The zero-order valence-electron chi connectivity index (χ0n) is 19.2. The van der Waals surface area contributed by atoms with Crippen LogP contribution in [-0.4, -0.2) is 46.1 Å². The van der Waals surface area contributed by atoms with E-state index in [0.29, 0.717) is 25.1 Å². The molecule has 2 aromatic carbocycles. The number of benzene rings is 2.